The van der Waals surface area contributed by atoms with Crippen LogP contribution in [-0.4, -0.2) is 59.9 Å². The third-order valence-corrected chi connectivity index (χ3v) is 6.24. The third-order valence-electron chi connectivity index (χ3n) is 5.02. The van der Waals surface area contributed by atoms with Crippen LogP contribution in [0.1, 0.15) is 22.9 Å². The summed E-state index contributed by atoms with van der Waals surface area (Å²) in [6.45, 7) is 8.38. The minimum absolute atomic E-state index is 0.174. The zero-order valence-electron chi connectivity index (χ0n) is 16.1. The highest BCUT2D eigenvalue weighted by molar-refractivity contribution is 7.16. The van der Waals surface area contributed by atoms with Crippen molar-refractivity contribution in [1.82, 2.24) is 14.7 Å². The minimum atomic E-state index is 0.174. The number of piperazine rings is 1. The van der Waals surface area contributed by atoms with Gasteiger partial charge in [0.1, 0.15) is 0 Å². The maximum atomic E-state index is 12.7. The van der Waals surface area contributed by atoms with Gasteiger partial charge in [0.25, 0.3) is 0 Å². The first-order valence-electron chi connectivity index (χ1n) is 9.53. The molecule has 148 valence electrons. The fourth-order valence-corrected chi connectivity index (χ4v) is 4.44. The minimum Gasteiger partial charge on any atom is -0.337 e. The van der Waals surface area contributed by atoms with Gasteiger partial charge in [-0.1, -0.05) is 23.7 Å². The zero-order valence-corrected chi connectivity index (χ0v) is 17.7. The number of thiophene rings is 1. The first-order valence-corrected chi connectivity index (χ1v) is 10.7. The van der Waals surface area contributed by atoms with Gasteiger partial charge in [-0.05, 0) is 36.8 Å². The van der Waals surface area contributed by atoms with Gasteiger partial charge in [-0.25, -0.2) is 0 Å². The smallest absolute Gasteiger partial charge is 0.237 e. The van der Waals surface area contributed by atoms with E-state index in [1.807, 2.05) is 48.2 Å². The number of benzene rings is 1. The normalized spacial score (nSPS) is 15.3. The van der Waals surface area contributed by atoms with E-state index >= 15 is 0 Å². The molecule has 7 heteroatoms. The molecular formula is C21H25ClN4OS. The Bertz CT molecular complexity index is 822. The number of nitriles is 1. The summed E-state index contributed by atoms with van der Waals surface area (Å²) >= 11 is 7.53. The van der Waals surface area contributed by atoms with Gasteiger partial charge in [0.15, 0.2) is 0 Å². The number of carbonyl (C=O) groups excluding carboxylic acids is 1. The molecular weight excluding hydrogens is 392 g/mol. The number of hydrogen-bond donors (Lipinski definition) is 0. The van der Waals surface area contributed by atoms with E-state index in [1.54, 1.807) is 0 Å². The highest BCUT2D eigenvalue weighted by atomic mass is 35.5. The second kappa shape index (κ2) is 10.0. The molecule has 2 aromatic rings. The number of nitrogens with zero attached hydrogens (tertiary/aromatic N) is 4. The number of carbonyl (C=O) groups is 1. The summed E-state index contributed by atoms with van der Waals surface area (Å²) in [5.41, 5.74) is 1.91. The van der Waals surface area contributed by atoms with E-state index in [-0.39, 0.29) is 5.91 Å². The van der Waals surface area contributed by atoms with Gasteiger partial charge in [0.05, 0.1) is 29.1 Å². The maximum absolute atomic E-state index is 12.7. The van der Waals surface area contributed by atoms with Crippen LogP contribution in [0.4, 0.5) is 0 Å². The lowest BCUT2D eigenvalue weighted by molar-refractivity contribution is -0.133. The number of halogens is 1. The summed E-state index contributed by atoms with van der Waals surface area (Å²) in [4.78, 5) is 20.3. The molecule has 1 aliphatic rings. The second-order valence-corrected chi connectivity index (χ2v) is 8.77. The van der Waals surface area contributed by atoms with E-state index < -0.39 is 0 Å². The lowest BCUT2D eigenvalue weighted by atomic mass is 10.1. The van der Waals surface area contributed by atoms with Crippen LogP contribution in [0.5, 0.6) is 0 Å². The molecule has 0 radical (unpaired) electrons. The SMILES string of the molecule is CCN(Cc1ccc(Cl)s1)C(=O)CN1CCN(Cc2ccc(C#N)cc2)CC1. The topological polar surface area (TPSA) is 50.6 Å². The number of rotatable bonds is 7. The van der Waals surface area contributed by atoms with Gasteiger partial charge in [-0.3, -0.25) is 14.6 Å². The number of likely N-dealkylation sites (N-methyl/N-ethyl adjacent to an activating group) is 1. The number of amides is 1. The molecule has 28 heavy (non-hydrogen) atoms. The average Bonchev–Trinajstić information content (AvgIpc) is 3.13. The molecule has 0 aliphatic carbocycles. The zero-order chi connectivity index (χ0) is 19.9. The van der Waals surface area contributed by atoms with Gasteiger partial charge in [-0.15, -0.1) is 11.3 Å². The third kappa shape index (κ3) is 5.79. The fraction of sp³-hybridized carbons (Fsp3) is 0.429. The molecule has 2 heterocycles. The van der Waals surface area contributed by atoms with E-state index in [4.69, 9.17) is 16.9 Å². The highest BCUT2D eigenvalue weighted by Crippen LogP contribution is 2.22. The first-order chi connectivity index (χ1) is 13.6. The van der Waals surface area contributed by atoms with Crippen molar-refractivity contribution in [2.24, 2.45) is 0 Å². The fourth-order valence-electron chi connectivity index (χ4n) is 3.34. The largest absolute Gasteiger partial charge is 0.337 e. The molecule has 0 unspecified atom stereocenters. The van der Waals surface area contributed by atoms with E-state index in [1.165, 1.54) is 16.9 Å². The van der Waals surface area contributed by atoms with Crippen molar-refractivity contribution in [2.75, 3.05) is 39.3 Å². The van der Waals surface area contributed by atoms with Gasteiger partial charge >= 0.3 is 0 Å². The van der Waals surface area contributed by atoms with Crippen LogP contribution in [0.25, 0.3) is 0 Å². The van der Waals surface area contributed by atoms with Crippen LogP contribution in [0.15, 0.2) is 36.4 Å². The molecule has 0 bridgehead atoms. The average molecular weight is 417 g/mol. The molecule has 0 atom stereocenters. The second-order valence-electron chi connectivity index (χ2n) is 6.97. The van der Waals surface area contributed by atoms with Crippen molar-refractivity contribution in [2.45, 2.75) is 20.0 Å². The summed E-state index contributed by atoms with van der Waals surface area (Å²) in [7, 11) is 0. The predicted molar refractivity (Wildman–Crippen MR) is 113 cm³/mol. The maximum Gasteiger partial charge on any atom is 0.237 e. The quantitative estimate of drug-likeness (QED) is 0.693. The van der Waals surface area contributed by atoms with Crippen LogP contribution >= 0.6 is 22.9 Å². The van der Waals surface area contributed by atoms with Crippen LogP contribution in [0.3, 0.4) is 0 Å². The molecule has 1 saturated heterocycles. The Hall–Kier alpha value is -1.91. The summed E-state index contributed by atoms with van der Waals surface area (Å²) in [5, 5.41) is 8.89. The van der Waals surface area contributed by atoms with Crippen LogP contribution in [0.2, 0.25) is 4.34 Å². The molecule has 1 fully saturated rings. The Morgan fingerprint density at radius 1 is 1.14 bits per heavy atom. The molecule has 0 spiro atoms. The standard InChI is InChI=1S/C21H25ClN4OS/c1-2-26(15-19-7-8-20(22)28-19)21(27)16-25-11-9-24(10-12-25)14-18-5-3-17(13-23)4-6-18/h3-8H,2,9-12,14-16H2,1H3. The van der Waals surface area contributed by atoms with E-state index in [0.29, 0.717) is 25.2 Å². The van der Waals surface area contributed by atoms with Crippen molar-refractivity contribution in [3.05, 3.63) is 56.7 Å². The van der Waals surface area contributed by atoms with Crippen molar-refractivity contribution in [3.63, 3.8) is 0 Å². The molecule has 1 amide bonds. The summed E-state index contributed by atoms with van der Waals surface area (Å²) in [6, 6.07) is 13.8. The Morgan fingerprint density at radius 3 is 2.39 bits per heavy atom. The van der Waals surface area contributed by atoms with Gasteiger partial charge < -0.3 is 4.90 Å². The Balaban J connectivity index is 1.44. The Kier molecular flexibility index (Phi) is 7.46. The Morgan fingerprint density at radius 2 is 1.82 bits per heavy atom. The molecule has 1 aliphatic heterocycles. The lowest BCUT2D eigenvalue weighted by Crippen LogP contribution is -2.49. The monoisotopic (exact) mass is 416 g/mol. The first kappa shape index (κ1) is 20.8. The molecule has 0 N–H and O–H groups in total. The van der Waals surface area contributed by atoms with E-state index in [9.17, 15) is 4.79 Å². The van der Waals surface area contributed by atoms with Crippen molar-refractivity contribution >= 4 is 28.8 Å². The summed E-state index contributed by atoms with van der Waals surface area (Å²) < 4.78 is 0.761. The number of hydrogen-bond acceptors (Lipinski definition) is 5. The molecule has 1 aromatic carbocycles. The van der Waals surface area contributed by atoms with Crippen molar-refractivity contribution < 1.29 is 4.79 Å². The predicted octanol–water partition coefficient (Wildman–Crippen LogP) is 3.44. The molecule has 0 saturated carbocycles. The lowest BCUT2D eigenvalue weighted by Gasteiger charge is -2.35. The molecule has 1 aromatic heterocycles. The van der Waals surface area contributed by atoms with Crippen molar-refractivity contribution in [1.29, 1.82) is 5.26 Å². The van der Waals surface area contributed by atoms with Gasteiger partial charge in [-0.2, -0.15) is 5.26 Å². The van der Waals surface area contributed by atoms with E-state index in [0.717, 1.165) is 41.9 Å². The summed E-state index contributed by atoms with van der Waals surface area (Å²) in [6.07, 6.45) is 0. The highest BCUT2D eigenvalue weighted by Gasteiger charge is 2.21. The molecule has 3 rings (SSSR count). The molecule has 5 nitrogen and oxygen atoms in total. The van der Waals surface area contributed by atoms with Crippen LogP contribution < -0.4 is 0 Å². The summed E-state index contributed by atoms with van der Waals surface area (Å²) in [5.74, 6) is 0.174. The Labute approximate surface area is 175 Å². The van der Waals surface area contributed by atoms with Crippen LogP contribution in [0, 0.1) is 11.3 Å². The van der Waals surface area contributed by atoms with Crippen molar-refractivity contribution in [3.8, 4) is 6.07 Å². The van der Waals surface area contributed by atoms with E-state index in [2.05, 4.69) is 15.9 Å². The van der Waals surface area contributed by atoms with Crippen LogP contribution in [-0.2, 0) is 17.9 Å². The van der Waals surface area contributed by atoms with Gasteiger partial charge in [0.2, 0.25) is 5.91 Å². The van der Waals surface area contributed by atoms with Gasteiger partial charge in [0, 0.05) is 44.1 Å².